The molecule has 1 saturated heterocycles. The van der Waals surface area contributed by atoms with Crippen molar-refractivity contribution in [2.24, 2.45) is 0 Å². The zero-order chi connectivity index (χ0) is 15.1. The van der Waals surface area contributed by atoms with Crippen LogP contribution in [0, 0.1) is 0 Å². The van der Waals surface area contributed by atoms with E-state index >= 15 is 0 Å². The van der Waals surface area contributed by atoms with Gasteiger partial charge in [0.05, 0.1) is 17.6 Å². The van der Waals surface area contributed by atoms with Gasteiger partial charge in [-0.15, -0.1) is 11.3 Å². The van der Waals surface area contributed by atoms with Gasteiger partial charge in [0.2, 0.25) is 0 Å². The summed E-state index contributed by atoms with van der Waals surface area (Å²) in [6, 6.07) is 9.98. The van der Waals surface area contributed by atoms with E-state index in [4.69, 9.17) is 9.47 Å². The number of ether oxygens (including phenoxy) is 2. The number of nitrogens with zero attached hydrogens (tertiary/aromatic N) is 1. The first-order valence-corrected chi connectivity index (χ1v) is 8.30. The van der Waals surface area contributed by atoms with Crippen LogP contribution in [0.3, 0.4) is 0 Å². The molecule has 0 aliphatic carbocycles. The van der Waals surface area contributed by atoms with Crippen LogP contribution in [0.15, 0.2) is 30.3 Å². The molecule has 0 radical (unpaired) electrons. The second-order valence-corrected chi connectivity index (χ2v) is 6.73. The van der Waals surface area contributed by atoms with Gasteiger partial charge in [-0.05, 0) is 25.1 Å². The molecule has 0 unspecified atom stereocenters. The fraction of sp³-hybridized carbons (Fsp3) is 0.353. The third kappa shape index (κ3) is 2.30. The SMILES string of the molecule is C[C@@H]1CN(C(=O)c2cc3c(s2)-c2ccccc2OC3)CCO1. The third-order valence-electron chi connectivity index (χ3n) is 4.06. The van der Waals surface area contributed by atoms with Crippen LogP contribution in [0.5, 0.6) is 5.75 Å². The molecular formula is C17H17NO3S. The largest absolute Gasteiger partial charge is 0.488 e. The van der Waals surface area contributed by atoms with Crippen molar-refractivity contribution >= 4 is 17.2 Å². The summed E-state index contributed by atoms with van der Waals surface area (Å²) in [6.07, 6.45) is 0.108. The smallest absolute Gasteiger partial charge is 0.264 e. The van der Waals surface area contributed by atoms with Crippen molar-refractivity contribution in [2.45, 2.75) is 19.6 Å². The molecule has 1 aromatic carbocycles. The Morgan fingerprint density at radius 1 is 1.36 bits per heavy atom. The van der Waals surface area contributed by atoms with Gasteiger partial charge in [-0.1, -0.05) is 12.1 Å². The minimum atomic E-state index is 0.104. The van der Waals surface area contributed by atoms with Gasteiger partial charge in [0, 0.05) is 29.1 Å². The number of para-hydroxylation sites is 1. The van der Waals surface area contributed by atoms with Crippen LogP contribution < -0.4 is 4.74 Å². The van der Waals surface area contributed by atoms with Crippen LogP contribution in [-0.4, -0.2) is 36.6 Å². The molecule has 1 amide bonds. The molecule has 0 N–H and O–H groups in total. The van der Waals surface area contributed by atoms with Crippen LogP contribution in [-0.2, 0) is 11.3 Å². The van der Waals surface area contributed by atoms with E-state index in [-0.39, 0.29) is 12.0 Å². The number of carbonyl (C=O) groups is 1. The summed E-state index contributed by atoms with van der Waals surface area (Å²) in [5.74, 6) is 1.00. The topological polar surface area (TPSA) is 38.8 Å². The third-order valence-corrected chi connectivity index (χ3v) is 5.26. The monoisotopic (exact) mass is 315 g/mol. The van der Waals surface area contributed by atoms with Crippen LogP contribution >= 0.6 is 11.3 Å². The van der Waals surface area contributed by atoms with E-state index in [1.807, 2.05) is 36.1 Å². The Bertz CT molecular complexity index is 724. The summed E-state index contributed by atoms with van der Waals surface area (Å²) in [5, 5.41) is 0. The molecule has 1 fully saturated rings. The highest BCUT2D eigenvalue weighted by Gasteiger charge is 2.27. The lowest BCUT2D eigenvalue weighted by Crippen LogP contribution is -2.44. The lowest BCUT2D eigenvalue weighted by molar-refractivity contribution is -0.0122. The molecule has 4 rings (SSSR count). The van der Waals surface area contributed by atoms with Crippen molar-refractivity contribution in [1.29, 1.82) is 0 Å². The summed E-state index contributed by atoms with van der Waals surface area (Å²) in [6.45, 7) is 4.48. The molecule has 3 heterocycles. The van der Waals surface area contributed by atoms with Gasteiger partial charge in [-0.25, -0.2) is 0 Å². The normalized spacial score (nSPS) is 20.0. The van der Waals surface area contributed by atoms with Crippen molar-refractivity contribution in [2.75, 3.05) is 19.7 Å². The van der Waals surface area contributed by atoms with E-state index in [9.17, 15) is 4.79 Å². The van der Waals surface area contributed by atoms with E-state index in [0.717, 1.165) is 26.6 Å². The van der Waals surface area contributed by atoms with E-state index in [1.54, 1.807) is 11.3 Å². The van der Waals surface area contributed by atoms with Crippen LogP contribution in [0.1, 0.15) is 22.2 Å². The van der Waals surface area contributed by atoms with Crippen LogP contribution in [0.25, 0.3) is 10.4 Å². The van der Waals surface area contributed by atoms with E-state index in [2.05, 4.69) is 6.07 Å². The second-order valence-electron chi connectivity index (χ2n) is 5.68. The van der Waals surface area contributed by atoms with Gasteiger partial charge in [0.15, 0.2) is 0 Å². The predicted molar refractivity (Wildman–Crippen MR) is 85.4 cm³/mol. The second kappa shape index (κ2) is 5.41. The number of carbonyl (C=O) groups excluding carboxylic acids is 1. The Morgan fingerprint density at radius 3 is 3.09 bits per heavy atom. The first-order valence-electron chi connectivity index (χ1n) is 7.48. The van der Waals surface area contributed by atoms with E-state index < -0.39 is 0 Å². The van der Waals surface area contributed by atoms with Gasteiger partial charge in [0.1, 0.15) is 12.4 Å². The fourth-order valence-electron chi connectivity index (χ4n) is 2.96. The molecular weight excluding hydrogens is 298 g/mol. The van der Waals surface area contributed by atoms with Crippen molar-refractivity contribution in [3.63, 3.8) is 0 Å². The van der Waals surface area contributed by atoms with E-state index in [1.165, 1.54) is 0 Å². The highest BCUT2D eigenvalue weighted by molar-refractivity contribution is 7.17. The summed E-state index contributed by atoms with van der Waals surface area (Å²) >= 11 is 1.57. The lowest BCUT2D eigenvalue weighted by atomic mass is 10.1. The maximum atomic E-state index is 12.7. The molecule has 1 atom stereocenters. The van der Waals surface area contributed by atoms with Crippen LogP contribution in [0.4, 0.5) is 0 Å². The molecule has 0 saturated carbocycles. The first kappa shape index (κ1) is 13.8. The summed E-state index contributed by atoms with van der Waals surface area (Å²) in [7, 11) is 0. The molecule has 0 bridgehead atoms. The summed E-state index contributed by atoms with van der Waals surface area (Å²) < 4.78 is 11.3. The van der Waals surface area contributed by atoms with Crippen molar-refractivity contribution in [1.82, 2.24) is 4.90 Å². The minimum absolute atomic E-state index is 0.104. The molecule has 114 valence electrons. The minimum Gasteiger partial charge on any atom is -0.488 e. The molecule has 2 aromatic rings. The maximum absolute atomic E-state index is 12.7. The van der Waals surface area contributed by atoms with Crippen molar-refractivity contribution < 1.29 is 14.3 Å². The molecule has 22 heavy (non-hydrogen) atoms. The van der Waals surface area contributed by atoms with Gasteiger partial charge >= 0.3 is 0 Å². The maximum Gasteiger partial charge on any atom is 0.264 e. The average molecular weight is 315 g/mol. The molecule has 2 aliphatic heterocycles. The molecule has 2 aliphatic rings. The summed E-state index contributed by atoms with van der Waals surface area (Å²) in [4.78, 5) is 16.6. The number of hydrogen-bond acceptors (Lipinski definition) is 4. The Hall–Kier alpha value is -1.85. The summed E-state index contributed by atoms with van der Waals surface area (Å²) in [5.41, 5.74) is 2.19. The number of hydrogen-bond donors (Lipinski definition) is 0. The van der Waals surface area contributed by atoms with Gasteiger partial charge in [0.25, 0.3) is 5.91 Å². The van der Waals surface area contributed by atoms with Gasteiger partial charge in [-0.3, -0.25) is 4.79 Å². The zero-order valence-corrected chi connectivity index (χ0v) is 13.2. The Balaban J connectivity index is 1.66. The first-order chi connectivity index (χ1) is 10.7. The van der Waals surface area contributed by atoms with Crippen molar-refractivity contribution in [3.8, 4) is 16.2 Å². The van der Waals surface area contributed by atoms with E-state index in [0.29, 0.717) is 26.3 Å². The Labute approximate surface area is 133 Å². The van der Waals surface area contributed by atoms with Gasteiger partial charge < -0.3 is 14.4 Å². The number of amides is 1. The molecule has 0 spiro atoms. The number of fused-ring (bicyclic) bond motifs is 3. The van der Waals surface area contributed by atoms with Gasteiger partial charge in [-0.2, -0.15) is 0 Å². The van der Waals surface area contributed by atoms with Crippen molar-refractivity contribution in [3.05, 3.63) is 40.8 Å². The predicted octanol–water partition coefficient (Wildman–Crippen LogP) is 3.17. The number of rotatable bonds is 1. The number of benzene rings is 1. The highest BCUT2D eigenvalue weighted by atomic mass is 32.1. The number of thiophene rings is 1. The standard InChI is InChI=1S/C17H17NO3S/c1-11-9-18(6-7-20-11)17(19)15-8-12-10-21-14-5-3-2-4-13(14)16(12)22-15/h2-5,8,11H,6-7,9-10H2,1H3/t11-/m1/s1. The molecule has 4 nitrogen and oxygen atoms in total. The number of morpholine rings is 1. The lowest BCUT2D eigenvalue weighted by Gasteiger charge is -2.30. The zero-order valence-electron chi connectivity index (χ0n) is 12.4. The Morgan fingerprint density at radius 2 is 2.23 bits per heavy atom. The highest BCUT2D eigenvalue weighted by Crippen LogP contribution is 2.42. The average Bonchev–Trinajstić information content (AvgIpc) is 2.99. The quantitative estimate of drug-likeness (QED) is 0.811. The molecule has 5 heteroatoms. The molecule has 1 aromatic heterocycles. The Kier molecular flexibility index (Phi) is 3.39. The fourth-order valence-corrected chi connectivity index (χ4v) is 4.13. The van der Waals surface area contributed by atoms with Crippen LogP contribution in [0.2, 0.25) is 0 Å².